The van der Waals surface area contributed by atoms with Crippen LogP contribution in [0.1, 0.15) is 0 Å². The van der Waals surface area contributed by atoms with Crippen LogP contribution in [0.25, 0.3) is 87.7 Å². The van der Waals surface area contributed by atoms with Gasteiger partial charge < -0.3 is 0 Å². The maximum Gasteiger partial charge on any atom is 0.164 e. The van der Waals surface area contributed by atoms with E-state index < -0.39 is 0 Å². The van der Waals surface area contributed by atoms with E-state index in [0.29, 0.717) is 17.5 Å². The van der Waals surface area contributed by atoms with Gasteiger partial charge in [-0.2, -0.15) is 0 Å². The van der Waals surface area contributed by atoms with E-state index in [4.69, 9.17) is 15.0 Å². The molecule has 0 saturated carbocycles. The minimum atomic E-state index is 0.638. The van der Waals surface area contributed by atoms with Gasteiger partial charge in [0.05, 0.1) is 0 Å². The molecule has 0 fully saturated rings. The van der Waals surface area contributed by atoms with E-state index in [1.807, 2.05) is 18.2 Å². The smallest absolute Gasteiger partial charge is 0.164 e. The first-order chi connectivity index (χ1) is 24.2. The second-order valence-corrected chi connectivity index (χ2v) is 13.2. The van der Waals surface area contributed by atoms with E-state index in [1.165, 1.54) is 31.3 Å². The molecule has 0 aliphatic carbocycles. The van der Waals surface area contributed by atoms with Gasteiger partial charge in [-0.05, 0) is 69.8 Å². The number of benzene rings is 7. The van der Waals surface area contributed by atoms with Gasteiger partial charge in [0.25, 0.3) is 0 Å². The Labute approximate surface area is 288 Å². The van der Waals surface area contributed by atoms with E-state index in [2.05, 4.69) is 158 Å². The number of aromatic nitrogens is 3. The molecule has 0 atom stereocenters. The molecular weight excluding hydrogens is 615 g/mol. The van der Waals surface area contributed by atoms with Crippen LogP contribution in [0, 0.1) is 0 Å². The summed E-state index contributed by atoms with van der Waals surface area (Å²) in [7, 11) is 0. The topological polar surface area (TPSA) is 38.7 Å². The minimum Gasteiger partial charge on any atom is -0.208 e. The number of nitrogens with zero attached hydrogens (tertiary/aromatic N) is 3. The first-order valence-electron chi connectivity index (χ1n) is 16.4. The highest BCUT2D eigenvalue weighted by molar-refractivity contribution is 7.25. The van der Waals surface area contributed by atoms with Crippen LogP contribution in [0.4, 0.5) is 0 Å². The zero-order chi connectivity index (χ0) is 32.6. The van der Waals surface area contributed by atoms with Crippen LogP contribution >= 0.6 is 11.3 Å². The molecule has 0 unspecified atom stereocenters. The molecule has 230 valence electrons. The van der Waals surface area contributed by atoms with Crippen LogP contribution in [0.15, 0.2) is 176 Å². The van der Waals surface area contributed by atoms with Gasteiger partial charge in [0.2, 0.25) is 0 Å². The average molecular weight is 644 g/mol. The first kappa shape index (κ1) is 29.0. The van der Waals surface area contributed by atoms with E-state index >= 15 is 0 Å². The van der Waals surface area contributed by atoms with Crippen LogP contribution in [0.2, 0.25) is 0 Å². The third-order valence-electron chi connectivity index (χ3n) is 8.91. The second-order valence-electron chi connectivity index (χ2n) is 12.1. The van der Waals surface area contributed by atoms with Crippen molar-refractivity contribution in [2.75, 3.05) is 0 Å². The number of fused-ring (bicyclic) bond motifs is 3. The molecule has 0 saturated heterocycles. The fraction of sp³-hybridized carbons (Fsp3) is 0. The summed E-state index contributed by atoms with van der Waals surface area (Å²) in [5.74, 6) is 1.94. The van der Waals surface area contributed by atoms with E-state index in [9.17, 15) is 0 Å². The molecule has 7 aromatic carbocycles. The summed E-state index contributed by atoms with van der Waals surface area (Å²) in [4.78, 5) is 15.3. The van der Waals surface area contributed by atoms with Crippen molar-refractivity contribution >= 4 is 31.5 Å². The fourth-order valence-electron chi connectivity index (χ4n) is 6.45. The molecule has 4 heteroatoms. The molecular formula is C45H29N3S. The predicted octanol–water partition coefficient (Wildman–Crippen LogP) is 12.2. The first-order valence-corrected chi connectivity index (χ1v) is 17.2. The van der Waals surface area contributed by atoms with Crippen molar-refractivity contribution in [1.29, 1.82) is 0 Å². The maximum absolute atomic E-state index is 5.18. The Morgan fingerprint density at radius 1 is 0.265 bits per heavy atom. The molecule has 2 heterocycles. The Kier molecular flexibility index (Phi) is 7.34. The molecule has 9 aromatic rings. The summed E-state index contributed by atoms with van der Waals surface area (Å²) >= 11 is 1.80. The molecule has 0 aliphatic rings. The summed E-state index contributed by atoms with van der Waals surface area (Å²) < 4.78 is 2.49. The van der Waals surface area contributed by atoms with Crippen LogP contribution in [-0.2, 0) is 0 Å². The quantitative estimate of drug-likeness (QED) is 0.181. The van der Waals surface area contributed by atoms with Gasteiger partial charge in [-0.15, -0.1) is 11.3 Å². The Morgan fingerprint density at radius 3 is 1.41 bits per heavy atom. The zero-order valence-electron chi connectivity index (χ0n) is 26.5. The van der Waals surface area contributed by atoms with Crippen molar-refractivity contribution < 1.29 is 0 Å². The number of thiophene rings is 1. The summed E-state index contributed by atoms with van der Waals surface area (Å²) in [5.41, 5.74) is 9.69. The van der Waals surface area contributed by atoms with Gasteiger partial charge in [-0.3, -0.25) is 0 Å². The van der Waals surface area contributed by atoms with Crippen molar-refractivity contribution in [2.45, 2.75) is 0 Å². The standard InChI is InChI=1S/C45H29N3S/c1-4-13-30(14-5-1)33-19-12-20-34(25-33)37-26-36(31-15-6-2-7-16-31)27-38(28-37)45-47-43(32-17-8-3-9-18-32)46-44(48-45)35-23-24-40-39-21-10-11-22-41(39)49-42(40)29-35/h1-29H. The highest BCUT2D eigenvalue weighted by Crippen LogP contribution is 2.37. The van der Waals surface area contributed by atoms with Crippen molar-refractivity contribution in [3.8, 4) is 67.5 Å². The lowest BCUT2D eigenvalue weighted by atomic mass is 9.94. The zero-order valence-corrected chi connectivity index (χ0v) is 27.3. The maximum atomic E-state index is 5.18. The van der Waals surface area contributed by atoms with Crippen molar-refractivity contribution in [3.05, 3.63) is 176 Å². The average Bonchev–Trinajstić information content (AvgIpc) is 3.57. The molecule has 0 amide bonds. The molecule has 0 radical (unpaired) electrons. The van der Waals surface area contributed by atoms with Crippen molar-refractivity contribution in [1.82, 2.24) is 15.0 Å². The lowest BCUT2D eigenvalue weighted by Crippen LogP contribution is -2.00. The monoisotopic (exact) mass is 643 g/mol. The van der Waals surface area contributed by atoms with Gasteiger partial charge in [0.15, 0.2) is 17.5 Å². The van der Waals surface area contributed by atoms with Gasteiger partial charge in [-0.25, -0.2) is 15.0 Å². The molecule has 0 spiro atoms. The third kappa shape index (κ3) is 5.69. The molecule has 0 bridgehead atoms. The highest BCUT2D eigenvalue weighted by Gasteiger charge is 2.16. The Bertz CT molecular complexity index is 2590. The minimum absolute atomic E-state index is 0.638. The number of rotatable bonds is 6. The normalized spacial score (nSPS) is 11.3. The van der Waals surface area contributed by atoms with E-state index in [0.717, 1.165) is 38.9 Å². The van der Waals surface area contributed by atoms with Crippen LogP contribution in [-0.4, -0.2) is 15.0 Å². The summed E-state index contributed by atoms with van der Waals surface area (Å²) in [6.45, 7) is 0. The summed E-state index contributed by atoms with van der Waals surface area (Å²) in [6, 6.07) is 61.7. The molecule has 0 aliphatic heterocycles. The largest absolute Gasteiger partial charge is 0.208 e. The number of hydrogen-bond acceptors (Lipinski definition) is 4. The van der Waals surface area contributed by atoms with Crippen LogP contribution in [0.5, 0.6) is 0 Å². The molecule has 2 aromatic heterocycles. The lowest BCUT2D eigenvalue weighted by molar-refractivity contribution is 1.07. The molecule has 49 heavy (non-hydrogen) atoms. The summed E-state index contributed by atoms with van der Waals surface area (Å²) in [5, 5.41) is 2.52. The molecule has 0 N–H and O–H groups in total. The fourth-order valence-corrected chi connectivity index (χ4v) is 7.59. The van der Waals surface area contributed by atoms with Crippen LogP contribution in [0.3, 0.4) is 0 Å². The second kappa shape index (κ2) is 12.4. The third-order valence-corrected chi connectivity index (χ3v) is 10.0. The van der Waals surface area contributed by atoms with E-state index in [-0.39, 0.29) is 0 Å². The van der Waals surface area contributed by atoms with Crippen LogP contribution < -0.4 is 0 Å². The Hall–Kier alpha value is -6.23. The Balaban J connectivity index is 1.24. The predicted molar refractivity (Wildman–Crippen MR) is 205 cm³/mol. The van der Waals surface area contributed by atoms with Gasteiger partial charge in [0.1, 0.15) is 0 Å². The lowest BCUT2D eigenvalue weighted by Gasteiger charge is -2.13. The van der Waals surface area contributed by atoms with Gasteiger partial charge in [-0.1, -0.05) is 140 Å². The van der Waals surface area contributed by atoms with Crippen molar-refractivity contribution in [3.63, 3.8) is 0 Å². The van der Waals surface area contributed by atoms with Gasteiger partial charge in [0, 0.05) is 36.9 Å². The molecule has 9 rings (SSSR count). The number of hydrogen-bond donors (Lipinski definition) is 0. The summed E-state index contributed by atoms with van der Waals surface area (Å²) in [6.07, 6.45) is 0. The van der Waals surface area contributed by atoms with Gasteiger partial charge >= 0.3 is 0 Å². The SMILES string of the molecule is c1ccc(-c2cccc(-c3cc(-c4ccccc4)cc(-c4nc(-c5ccccc5)nc(-c5ccc6c(c5)sc5ccccc56)n4)c3)c2)cc1. The van der Waals surface area contributed by atoms with E-state index in [1.54, 1.807) is 11.3 Å². The highest BCUT2D eigenvalue weighted by atomic mass is 32.1. The Morgan fingerprint density at radius 2 is 0.714 bits per heavy atom. The van der Waals surface area contributed by atoms with Crippen molar-refractivity contribution in [2.24, 2.45) is 0 Å². The molecule has 3 nitrogen and oxygen atoms in total.